The first-order valence-corrected chi connectivity index (χ1v) is 9.82. The second-order valence-electron chi connectivity index (χ2n) is 8.21. The van der Waals surface area contributed by atoms with Crippen molar-refractivity contribution < 1.29 is 18.7 Å². The van der Waals surface area contributed by atoms with Gasteiger partial charge in [0.15, 0.2) is 0 Å². The number of methoxy groups -OCH3 is 1. The van der Waals surface area contributed by atoms with Crippen LogP contribution < -0.4 is 0 Å². The summed E-state index contributed by atoms with van der Waals surface area (Å²) in [6.45, 7) is 2.72. The van der Waals surface area contributed by atoms with E-state index < -0.39 is 5.41 Å². The number of amides is 2. The first kappa shape index (κ1) is 20.7. The maximum absolute atomic E-state index is 13.0. The van der Waals surface area contributed by atoms with Crippen molar-refractivity contribution in [1.29, 1.82) is 0 Å². The number of halogens is 1. The van der Waals surface area contributed by atoms with E-state index in [-0.39, 0.29) is 23.7 Å². The summed E-state index contributed by atoms with van der Waals surface area (Å²) in [5.74, 6) is -0.0102. The normalized spacial score (nSPS) is 22.2. The molecule has 6 nitrogen and oxygen atoms in total. The molecule has 1 spiro atoms. The van der Waals surface area contributed by atoms with Gasteiger partial charge in [-0.15, -0.1) is 0 Å². The third-order valence-electron chi connectivity index (χ3n) is 6.07. The van der Waals surface area contributed by atoms with Gasteiger partial charge in [-0.2, -0.15) is 0 Å². The number of piperidine rings is 2. The summed E-state index contributed by atoms with van der Waals surface area (Å²) in [5.41, 5.74) is 0.570. The lowest BCUT2D eigenvalue weighted by Gasteiger charge is -2.47. The highest BCUT2D eigenvalue weighted by molar-refractivity contribution is 5.84. The molecular weight excluding hydrogens is 361 g/mol. The van der Waals surface area contributed by atoms with Gasteiger partial charge in [-0.3, -0.25) is 14.5 Å². The van der Waals surface area contributed by atoms with Crippen molar-refractivity contribution in [2.75, 3.05) is 47.4 Å². The molecule has 1 unspecified atom stereocenters. The van der Waals surface area contributed by atoms with Crippen molar-refractivity contribution in [3.05, 3.63) is 35.6 Å². The van der Waals surface area contributed by atoms with Crippen molar-refractivity contribution in [1.82, 2.24) is 14.7 Å². The summed E-state index contributed by atoms with van der Waals surface area (Å²) < 4.78 is 18.5. The van der Waals surface area contributed by atoms with Gasteiger partial charge in [0.2, 0.25) is 11.8 Å². The van der Waals surface area contributed by atoms with Gasteiger partial charge in [-0.25, -0.2) is 4.39 Å². The molecule has 2 heterocycles. The van der Waals surface area contributed by atoms with Gasteiger partial charge >= 0.3 is 0 Å². The van der Waals surface area contributed by atoms with E-state index in [1.807, 2.05) is 23.9 Å². The van der Waals surface area contributed by atoms with Crippen molar-refractivity contribution in [2.24, 2.45) is 5.41 Å². The van der Waals surface area contributed by atoms with Crippen LogP contribution in [0.4, 0.5) is 4.39 Å². The maximum Gasteiger partial charge on any atom is 0.236 e. The molecule has 1 atom stereocenters. The molecule has 1 aromatic rings. The molecule has 0 aliphatic carbocycles. The molecule has 0 aromatic heterocycles. The van der Waals surface area contributed by atoms with Crippen LogP contribution in [0, 0.1) is 11.2 Å². The number of ether oxygens (including phenoxy) is 1. The van der Waals surface area contributed by atoms with Crippen molar-refractivity contribution in [3.63, 3.8) is 0 Å². The molecule has 0 bridgehead atoms. The molecule has 2 saturated heterocycles. The number of hydrogen-bond acceptors (Lipinski definition) is 4. The smallest absolute Gasteiger partial charge is 0.236 e. The topological polar surface area (TPSA) is 53.1 Å². The Balaban J connectivity index is 1.53. The van der Waals surface area contributed by atoms with Gasteiger partial charge in [-0.1, -0.05) is 12.1 Å². The minimum Gasteiger partial charge on any atom is -0.380 e. The van der Waals surface area contributed by atoms with E-state index in [9.17, 15) is 14.0 Å². The van der Waals surface area contributed by atoms with E-state index in [2.05, 4.69) is 0 Å². The molecule has 2 aliphatic rings. The molecule has 7 heteroatoms. The number of hydrogen-bond donors (Lipinski definition) is 0. The lowest BCUT2D eigenvalue weighted by molar-refractivity contribution is -0.158. The van der Waals surface area contributed by atoms with Crippen molar-refractivity contribution >= 4 is 11.8 Å². The zero-order valence-electron chi connectivity index (χ0n) is 17.0. The minimum absolute atomic E-state index is 0.0618. The van der Waals surface area contributed by atoms with Gasteiger partial charge in [0.1, 0.15) is 5.82 Å². The number of rotatable bonds is 5. The molecule has 28 heavy (non-hydrogen) atoms. The summed E-state index contributed by atoms with van der Waals surface area (Å²) in [6, 6.07) is 6.33. The summed E-state index contributed by atoms with van der Waals surface area (Å²) in [7, 11) is 5.41. The van der Waals surface area contributed by atoms with Gasteiger partial charge in [0.25, 0.3) is 0 Å². The van der Waals surface area contributed by atoms with Crippen LogP contribution in [0.25, 0.3) is 0 Å². The Morgan fingerprint density at radius 1 is 1.29 bits per heavy atom. The second kappa shape index (κ2) is 8.57. The minimum atomic E-state index is -0.398. The van der Waals surface area contributed by atoms with Crippen molar-refractivity contribution in [2.45, 2.75) is 31.9 Å². The highest BCUT2D eigenvalue weighted by Crippen LogP contribution is 2.41. The van der Waals surface area contributed by atoms with Crippen LogP contribution in [0.5, 0.6) is 0 Å². The van der Waals surface area contributed by atoms with E-state index in [4.69, 9.17) is 4.74 Å². The van der Waals surface area contributed by atoms with E-state index in [0.717, 1.165) is 12.0 Å². The van der Waals surface area contributed by atoms with E-state index in [1.54, 1.807) is 24.1 Å². The zero-order valence-corrected chi connectivity index (χ0v) is 17.0. The second-order valence-corrected chi connectivity index (χ2v) is 8.21. The Bertz CT molecular complexity index is 701. The number of nitrogens with zero attached hydrogens (tertiary/aromatic N) is 3. The predicted molar refractivity (Wildman–Crippen MR) is 104 cm³/mol. The molecule has 2 amide bonds. The summed E-state index contributed by atoms with van der Waals surface area (Å²) in [6.07, 6.45) is 2.17. The highest BCUT2D eigenvalue weighted by atomic mass is 19.1. The zero-order chi connectivity index (χ0) is 20.3. The quantitative estimate of drug-likeness (QED) is 0.767. The summed E-state index contributed by atoms with van der Waals surface area (Å²) >= 11 is 0. The molecule has 3 rings (SSSR count). The van der Waals surface area contributed by atoms with Gasteiger partial charge in [0, 0.05) is 40.3 Å². The van der Waals surface area contributed by atoms with Gasteiger partial charge in [-0.05, 0) is 44.0 Å². The number of carbonyl (C=O) groups is 2. The average Bonchev–Trinajstić information content (AvgIpc) is 2.68. The Morgan fingerprint density at radius 2 is 1.93 bits per heavy atom. The molecule has 1 aromatic carbocycles. The van der Waals surface area contributed by atoms with Gasteiger partial charge in [0.05, 0.1) is 18.1 Å². The Hall–Kier alpha value is -1.99. The Kier molecular flexibility index (Phi) is 6.35. The number of carbonyl (C=O) groups excluding carboxylic acids is 2. The SMILES string of the molecule is COC1CN(C)C(=O)C2(CCN(C(=O)CN(C)Cc3ccc(F)cc3)CC2)C1. The fourth-order valence-corrected chi connectivity index (χ4v) is 4.43. The third kappa shape index (κ3) is 4.52. The Labute approximate surface area is 166 Å². The molecule has 2 aliphatic heterocycles. The number of benzene rings is 1. The fourth-order valence-electron chi connectivity index (χ4n) is 4.43. The monoisotopic (exact) mass is 391 g/mol. The lowest BCUT2D eigenvalue weighted by Crippen LogP contribution is -2.57. The Morgan fingerprint density at radius 3 is 2.54 bits per heavy atom. The highest BCUT2D eigenvalue weighted by Gasteiger charge is 2.48. The number of likely N-dealkylation sites (tertiary alicyclic amines) is 2. The van der Waals surface area contributed by atoms with Crippen LogP contribution in [0.1, 0.15) is 24.8 Å². The fraction of sp³-hybridized carbons (Fsp3) is 0.619. The van der Waals surface area contributed by atoms with Crippen LogP contribution in [-0.2, 0) is 20.9 Å². The van der Waals surface area contributed by atoms with Gasteiger partial charge < -0.3 is 14.5 Å². The molecule has 0 saturated carbocycles. The summed E-state index contributed by atoms with van der Waals surface area (Å²) in [5, 5.41) is 0. The molecule has 0 N–H and O–H groups in total. The molecule has 154 valence electrons. The predicted octanol–water partition coefficient (Wildman–Crippen LogP) is 1.74. The summed E-state index contributed by atoms with van der Waals surface area (Å²) in [4.78, 5) is 31.0. The molecular formula is C21H30FN3O3. The van der Waals surface area contributed by atoms with Crippen LogP contribution in [0.2, 0.25) is 0 Å². The first-order chi connectivity index (χ1) is 13.3. The van der Waals surface area contributed by atoms with Crippen LogP contribution >= 0.6 is 0 Å². The van der Waals surface area contributed by atoms with Crippen LogP contribution in [0.3, 0.4) is 0 Å². The third-order valence-corrected chi connectivity index (χ3v) is 6.07. The van der Waals surface area contributed by atoms with E-state index in [0.29, 0.717) is 45.6 Å². The first-order valence-electron chi connectivity index (χ1n) is 9.82. The maximum atomic E-state index is 13.0. The molecule has 0 radical (unpaired) electrons. The van der Waals surface area contributed by atoms with Crippen LogP contribution in [0.15, 0.2) is 24.3 Å². The number of likely N-dealkylation sites (N-methyl/N-ethyl adjacent to an activating group) is 2. The standard InChI is InChI=1S/C21H30FN3O3/c1-23(13-16-4-6-17(22)7-5-16)15-19(26)25-10-8-21(9-11-25)12-18(28-3)14-24(2)20(21)27/h4-7,18H,8-15H2,1-3H3. The van der Waals surface area contributed by atoms with Crippen LogP contribution in [-0.4, -0.2) is 80.0 Å². The average molecular weight is 391 g/mol. The molecule has 2 fully saturated rings. The largest absolute Gasteiger partial charge is 0.380 e. The van der Waals surface area contributed by atoms with E-state index in [1.165, 1.54) is 12.1 Å². The van der Waals surface area contributed by atoms with Crippen molar-refractivity contribution in [3.8, 4) is 0 Å². The van der Waals surface area contributed by atoms with E-state index >= 15 is 0 Å². The lowest BCUT2D eigenvalue weighted by atomic mass is 9.71.